The summed E-state index contributed by atoms with van der Waals surface area (Å²) in [5.41, 5.74) is 1.91. The van der Waals surface area contributed by atoms with Crippen molar-refractivity contribution in [2.45, 2.75) is 19.8 Å². The molecule has 18 heavy (non-hydrogen) atoms. The van der Waals surface area contributed by atoms with Crippen molar-refractivity contribution in [1.82, 2.24) is 4.37 Å². The number of nitrogens with one attached hydrogen (secondary N) is 2. The van der Waals surface area contributed by atoms with E-state index < -0.39 is 0 Å². The molecule has 5 heteroatoms. The van der Waals surface area contributed by atoms with Crippen molar-refractivity contribution in [1.29, 1.82) is 0 Å². The molecule has 0 amide bonds. The van der Waals surface area contributed by atoms with Gasteiger partial charge in [-0.3, -0.25) is 9.17 Å². The van der Waals surface area contributed by atoms with Crippen molar-refractivity contribution in [2.75, 3.05) is 5.32 Å². The van der Waals surface area contributed by atoms with Crippen molar-refractivity contribution >= 4 is 27.9 Å². The molecule has 0 atom stereocenters. The SMILES string of the molecule is [C-]#[N+]c1c(Nc2ccc(C(C)C)cc2)s[nH]c1=O. The zero-order valence-electron chi connectivity index (χ0n) is 10.2. The van der Waals surface area contributed by atoms with Crippen molar-refractivity contribution in [3.05, 3.63) is 51.6 Å². The maximum atomic E-state index is 11.3. The van der Waals surface area contributed by atoms with Gasteiger partial charge in [0.2, 0.25) is 0 Å². The Morgan fingerprint density at radius 3 is 2.56 bits per heavy atom. The Morgan fingerprint density at radius 2 is 2.00 bits per heavy atom. The molecule has 0 aliphatic heterocycles. The first-order valence-electron chi connectivity index (χ1n) is 5.57. The van der Waals surface area contributed by atoms with Gasteiger partial charge in [-0.05, 0) is 23.6 Å². The summed E-state index contributed by atoms with van der Waals surface area (Å²) in [6.45, 7) is 11.2. The zero-order chi connectivity index (χ0) is 13.1. The standard InChI is InChI=1S/C13H13N3OS/c1-8(2)9-4-6-10(7-5-9)15-13-11(14-3)12(17)16-18-13/h4-8,15H,1-2H3,(H,16,17). The highest BCUT2D eigenvalue weighted by molar-refractivity contribution is 7.11. The first-order chi connectivity index (χ1) is 8.61. The molecule has 1 heterocycles. The lowest BCUT2D eigenvalue weighted by molar-refractivity contribution is 0.867. The number of hydrogen-bond donors (Lipinski definition) is 2. The van der Waals surface area contributed by atoms with Crippen LogP contribution >= 0.6 is 11.5 Å². The Morgan fingerprint density at radius 1 is 1.33 bits per heavy atom. The van der Waals surface area contributed by atoms with Gasteiger partial charge < -0.3 is 5.32 Å². The van der Waals surface area contributed by atoms with E-state index in [1.807, 2.05) is 24.3 Å². The molecule has 0 fully saturated rings. The van der Waals surface area contributed by atoms with Crippen molar-refractivity contribution in [3.63, 3.8) is 0 Å². The highest BCUT2D eigenvalue weighted by Gasteiger charge is 2.10. The average molecular weight is 259 g/mol. The normalized spacial score (nSPS) is 10.3. The summed E-state index contributed by atoms with van der Waals surface area (Å²) in [7, 11) is 0. The summed E-state index contributed by atoms with van der Waals surface area (Å²) in [6.07, 6.45) is 0. The van der Waals surface area contributed by atoms with Crippen LogP contribution in [0.5, 0.6) is 0 Å². The zero-order valence-corrected chi connectivity index (χ0v) is 11.0. The number of benzene rings is 1. The summed E-state index contributed by atoms with van der Waals surface area (Å²) in [5.74, 6) is 0.487. The minimum atomic E-state index is -0.337. The molecule has 1 aromatic carbocycles. The van der Waals surface area contributed by atoms with Crippen molar-refractivity contribution < 1.29 is 0 Å². The van der Waals surface area contributed by atoms with Crippen molar-refractivity contribution in [2.24, 2.45) is 0 Å². The third-order valence-electron chi connectivity index (χ3n) is 2.62. The van der Waals surface area contributed by atoms with Gasteiger partial charge in [-0.25, -0.2) is 4.85 Å². The molecular formula is C13H13N3OS. The highest BCUT2D eigenvalue weighted by atomic mass is 32.1. The van der Waals surface area contributed by atoms with Crippen LogP contribution in [-0.2, 0) is 0 Å². The maximum absolute atomic E-state index is 11.3. The first kappa shape index (κ1) is 12.4. The van der Waals surface area contributed by atoms with Crippen LogP contribution in [0.2, 0.25) is 0 Å². The molecule has 0 saturated carbocycles. The van der Waals surface area contributed by atoms with Crippen LogP contribution in [0.4, 0.5) is 16.4 Å². The summed E-state index contributed by atoms with van der Waals surface area (Å²) in [6, 6.07) is 7.99. The molecule has 2 rings (SSSR count). The Kier molecular flexibility index (Phi) is 3.49. The average Bonchev–Trinajstić information content (AvgIpc) is 2.70. The number of aromatic amines is 1. The molecule has 2 aromatic rings. The van der Waals surface area contributed by atoms with Gasteiger partial charge in [0.1, 0.15) is 5.00 Å². The Bertz CT molecular complexity index is 631. The predicted molar refractivity (Wildman–Crippen MR) is 75.0 cm³/mol. The van der Waals surface area contributed by atoms with Gasteiger partial charge in [0.15, 0.2) is 0 Å². The Hall–Kier alpha value is -2.06. The predicted octanol–water partition coefficient (Wildman–Crippen LogP) is 3.85. The van der Waals surface area contributed by atoms with Gasteiger partial charge >= 0.3 is 0 Å². The highest BCUT2D eigenvalue weighted by Crippen LogP contribution is 2.28. The van der Waals surface area contributed by atoms with E-state index in [9.17, 15) is 4.79 Å². The molecule has 92 valence electrons. The van der Waals surface area contributed by atoms with Gasteiger partial charge in [0.25, 0.3) is 11.2 Å². The van der Waals surface area contributed by atoms with E-state index in [4.69, 9.17) is 6.57 Å². The van der Waals surface area contributed by atoms with E-state index in [2.05, 4.69) is 28.4 Å². The second kappa shape index (κ2) is 5.07. The molecule has 0 spiro atoms. The smallest absolute Gasteiger partial charge is 0.285 e. The fourth-order valence-corrected chi connectivity index (χ4v) is 2.26. The fourth-order valence-electron chi connectivity index (χ4n) is 1.57. The monoisotopic (exact) mass is 259 g/mol. The summed E-state index contributed by atoms with van der Waals surface area (Å²) in [5, 5.41) is 3.65. The van der Waals surface area contributed by atoms with Crippen LogP contribution in [-0.4, -0.2) is 4.37 Å². The number of aromatic nitrogens is 1. The lowest BCUT2D eigenvalue weighted by Crippen LogP contribution is -1.96. The lowest BCUT2D eigenvalue weighted by Gasteiger charge is -2.07. The molecule has 0 saturated heterocycles. The van der Waals surface area contributed by atoms with E-state index in [0.717, 1.165) is 17.2 Å². The lowest BCUT2D eigenvalue weighted by atomic mass is 10.0. The number of nitrogens with zero attached hydrogens (tertiary/aromatic N) is 1. The molecule has 0 bridgehead atoms. The third-order valence-corrected chi connectivity index (χ3v) is 3.41. The van der Waals surface area contributed by atoms with Crippen LogP contribution in [0.25, 0.3) is 4.85 Å². The quantitative estimate of drug-likeness (QED) is 0.822. The summed E-state index contributed by atoms with van der Waals surface area (Å²) >= 11 is 1.14. The Labute approximate surface area is 109 Å². The van der Waals surface area contributed by atoms with Crippen LogP contribution in [0.15, 0.2) is 29.1 Å². The maximum Gasteiger partial charge on any atom is 0.285 e. The van der Waals surface area contributed by atoms with Gasteiger partial charge in [-0.1, -0.05) is 37.5 Å². The summed E-state index contributed by atoms with van der Waals surface area (Å²) < 4.78 is 2.55. The molecule has 1 aromatic heterocycles. The number of H-pyrrole nitrogens is 1. The van der Waals surface area contributed by atoms with Gasteiger partial charge in [-0.2, -0.15) is 0 Å². The minimum absolute atomic E-state index is 0.118. The van der Waals surface area contributed by atoms with E-state index in [0.29, 0.717) is 10.9 Å². The van der Waals surface area contributed by atoms with E-state index in [-0.39, 0.29) is 11.2 Å². The largest absolute Gasteiger partial charge is 0.355 e. The number of hydrogen-bond acceptors (Lipinski definition) is 3. The van der Waals surface area contributed by atoms with Gasteiger partial charge in [-0.15, -0.1) is 0 Å². The van der Waals surface area contributed by atoms with Crippen LogP contribution < -0.4 is 10.9 Å². The number of anilines is 2. The molecule has 0 aliphatic rings. The molecule has 4 nitrogen and oxygen atoms in total. The first-order valence-corrected chi connectivity index (χ1v) is 6.39. The third kappa shape index (κ3) is 2.44. The summed E-state index contributed by atoms with van der Waals surface area (Å²) in [4.78, 5) is 14.5. The van der Waals surface area contributed by atoms with Crippen LogP contribution in [0.1, 0.15) is 25.3 Å². The Balaban J connectivity index is 2.24. The molecule has 0 unspecified atom stereocenters. The van der Waals surface area contributed by atoms with Crippen LogP contribution in [0, 0.1) is 6.57 Å². The van der Waals surface area contributed by atoms with E-state index in [1.54, 1.807) is 0 Å². The fraction of sp³-hybridized carbons (Fsp3) is 0.231. The van der Waals surface area contributed by atoms with E-state index >= 15 is 0 Å². The molecule has 0 radical (unpaired) electrons. The molecule has 0 aliphatic carbocycles. The van der Waals surface area contributed by atoms with E-state index in [1.165, 1.54) is 5.56 Å². The van der Waals surface area contributed by atoms with Crippen molar-refractivity contribution in [3.8, 4) is 0 Å². The topological polar surface area (TPSA) is 49.2 Å². The second-order valence-corrected chi connectivity index (χ2v) is 5.04. The van der Waals surface area contributed by atoms with Crippen LogP contribution in [0.3, 0.4) is 0 Å². The van der Waals surface area contributed by atoms with Gasteiger partial charge in [0, 0.05) is 5.69 Å². The second-order valence-electron chi connectivity index (χ2n) is 4.22. The minimum Gasteiger partial charge on any atom is -0.355 e. The number of rotatable bonds is 3. The molecule has 2 N–H and O–H groups in total. The van der Waals surface area contributed by atoms with Gasteiger partial charge in [0.05, 0.1) is 6.57 Å². The molecular weight excluding hydrogens is 246 g/mol.